The van der Waals surface area contributed by atoms with Crippen LogP contribution in [0, 0.1) is 0 Å². The molecule has 0 N–H and O–H groups in total. The lowest BCUT2D eigenvalue weighted by Crippen LogP contribution is -2.29. The average Bonchev–Trinajstić information content (AvgIpc) is 2.35. The highest BCUT2D eigenvalue weighted by Gasteiger charge is 2.10. The molecule has 0 aromatic carbocycles. The molecule has 0 radical (unpaired) electrons. The number of anilines is 1. The molecule has 1 aromatic heterocycles. The highest BCUT2D eigenvalue weighted by molar-refractivity contribution is 9.08. The van der Waals surface area contributed by atoms with E-state index in [1.807, 2.05) is 18.0 Å². The predicted octanol–water partition coefficient (Wildman–Crippen LogP) is 3.55. The normalized spacial score (nSPS) is 12.5. The van der Waals surface area contributed by atoms with Crippen molar-refractivity contribution in [3.63, 3.8) is 0 Å². The number of alkyl halides is 1. The highest BCUT2D eigenvalue weighted by Crippen LogP contribution is 2.16. The first kappa shape index (κ1) is 13.8. The van der Waals surface area contributed by atoms with Crippen LogP contribution in [0.5, 0.6) is 0 Å². The highest BCUT2D eigenvalue weighted by atomic mass is 79.9. The lowest BCUT2D eigenvalue weighted by molar-refractivity contribution is 0.662. The van der Waals surface area contributed by atoms with Crippen LogP contribution in [0.15, 0.2) is 18.3 Å². The van der Waals surface area contributed by atoms with E-state index < -0.39 is 0 Å². The summed E-state index contributed by atoms with van der Waals surface area (Å²) in [6.45, 7) is 2.25. The summed E-state index contributed by atoms with van der Waals surface area (Å²) < 4.78 is 0. The molecule has 0 aliphatic rings. The zero-order valence-corrected chi connectivity index (χ0v) is 12.5. The molecule has 0 saturated heterocycles. The lowest BCUT2D eigenvalue weighted by atomic mass is 10.2. The van der Waals surface area contributed by atoms with Crippen molar-refractivity contribution in [2.24, 2.45) is 0 Å². The van der Waals surface area contributed by atoms with E-state index in [2.05, 4.69) is 58.2 Å². The Hall–Kier alpha value is -0.220. The first-order valence-electron chi connectivity index (χ1n) is 5.41. The van der Waals surface area contributed by atoms with Gasteiger partial charge < -0.3 is 4.90 Å². The van der Waals surface area contributed by atoms with Crippen LogP contribution in [-0.4, -0.2) is 30.1 Å². The fourth-order valence-electron chi connectivity index (χ4n) is 1.41. The Labute approximate surface area is 111 Å². The SMILES string of the molecule is CSCCC(C)N(C)c1ccc(CBr)cn1. The second kappa shape index (κ2) is 7.17. The van der Waals surface area contributed by atoms with E-state index in [4.69, 9.17) is 0 Å². The van der Waals surface area contributed by atoms with Crippen molar-refractivity contribution in [2.45, 2.75) is 24.7 Å². The largest absolute Gasteiger partial charge is 0.357 e. The third-order valence-corrected chi connectivity index (χ3v) is 4.02. The Morgan fingerprint density at radius 3 is 2.75 bits per heavy atom. The fraction of sp³-hybridized carbons (Fsp3) is 0.583. The molecule has 0 spiro atoms. The number of hydrogen-bond acceptors (Lipinski definition) is 3. The second-order valence-electron chi connectivity index (χ2n) is 3.90. The molecule has 0 fully saturated rings. The van der Waals surface area contributed by atoms with Gasteiger partial charge in [-0.1, -0.05) is 22.0 Å². The first-order chi connectivity index (χ1) is 7.69. The third-order valence-electron chi connectivity index (χ3n) is 2.73. The Bertz CT molecular complexity index is 302. The van der Waals surface area contributed by atoms with Crippen LogP contribution < -0.4 is 4.90 Å². The van der Waals surface area contributed by atoms with Gasteiger partial charge in [0.25, 0.3) is 0 Å². The van der Waals surface area contributed by atoms with Crippen molar-refractivity contribution in [2.75, 3.05) is 24.0 Å². The monoisotopic (exact) mass is 302 g/mol. The van der Waals surface area contributed by atoms with Gasteiger partial charge in [-0.2, -0.15) is 11.8 Å². The summed E-state index contributed by atoms with van der Waals surface area (Å²) in [7, 11) is 2.11. The van der Waals surface area contributed by atoms with Crippen LogP contribution in [0.1, 0.15) is 18.9 Å². The molecule has 0 amide bonds. The predicted molar refractivity (Wildman–Crippen MR) is 77.7 cm³/mol. The Kier molecular flexibility index (Phi) is 6.21. The van der Waals surface area contributed by atoms with Crippen molar-refractivity contribution < 1.29 is 0 Å². The number of hydrogen-bond donors (Lipinski definition) is 0. The van der Waals surface area contributed by atoms with E-state index in [-0.39, 0.29) is 0 Å². The van der Waals surface area contributed by atoms with Gasteiger partial charge in [0.1, 0.15) is 5.82 Å². The van der Waals surface area contributed by atoms with Crippen molar-refractivity contribution in [1.82, 2.24) is 4.98 Å². The molecule has 2 nitrogen and oxygen atoms in total. The maximum atomic E-state index is 4.47. The summed E-state index contributed by atoms with van der Waals surface area (Å²) in [5.41, 5.74) is 1.22. The molecule has 4 heteroatoms. The van der Waals surface area contributed by atoms with Gasteiger partial charge >= 0.3 is 0 Å². The van der Waals surface area contributed by atoms with E-state index in [9.17, 15) is 0 Å². The second-order valence-corrected chi connectivity index (χ2v) is 5.45. The van der Waals surface area contributed by atoms with E-state index in [0.717, 1.165) is 11.1 Å². The number of rotatable bonds is 6. The first-order valence-corrected chi connectivity index (χ1v) is 7.93. The van der Waals surface area contributed by atoms with Crippen molar-refractivity contribution in [1.29, 1.82) is 0 Å². The fourth-order valence-corrected chi connectivity index (χ4v) is 2.32. The number of halogens is 1. The molecule has 1 unspecified atom stereocenters. The number of pyridine rings is 1. The number of aromatic nitrogens is 1. The standard InChI is InChI=1S/C12H19BrN2S/c1-10(6-7-16-3)15(2)12-5-4-11(8-13)9-14-12/h4-5,9-10H,6-8H2,1-3H3. The van der Waals surface area contributed by atoms with Crippen molar-refractivity contribution in [3.8, 4) is 0 Å². The molecule has 1 atom stereocenters. The minimum Gasteiger partial charge on any atom is -0.357 e. The van der Waals surface area contributed by atoms with E-state index in [1.165, 1.54) is 17.7 Å². The maximum Gasteiger partial charge on any atom is 0.128 e. The molecule has 1 rings (SSSR count). The van der Waals surface area contributed by atoms with Gasteiger partial charge in [-0.05, 0) is 37.0 Å². The van der Waals surface area contributed by atoms with Crippen molar-refractivity contribution in [3.05, 3.63) is 23.9 Å². The van der Waals surface area contributed by atoms with Crippen molar-refractivity contribution >= 4 is 33.5 Å². The molecule has 1 aromatic rings. The molecular weight excluding hydrogens is 284 g/mol. The van der Waals surface area contributed by atoms with Crippen LogP contribution >= 0.6 is 27.7 Å². The van der Waals surface area contributed by atoms with Gasteiger partial charge in [0.15, 0.2) is 0 Å². The van der Waals surface area contributed by atoms with E-state index in [1.54, 1.807) is 0 Å². The zero-order valence-electron chi connectivity index (χ0n) is 10.1. The molecule has 0 bridgehead atoms. The Balaban J connectivity index is 2.60. The summed E-state index contributed by atoms with van der Waals surface area (Å²) in [6.07, 6.45) is 5.27. The average molecular weight is 303 g/mol. The van der Waals surface area contributed by atoms with Crippen LogP contribution in [0.2, 0.25) is 0 Å². The number of thioether (sulfide) groups is 1. The minimum absolute atomic E-state index is 0.537. The minimum atomic E-state index is 0.537. The van der Waals surface area contributed by atoms with Crippen LogP contribution in [0.25, 0.3) is 0 Å². The smallest absolute Gasteiger partial charge is 0.128 e. The lowest BCUT2D eigenvalue weighted by Gasteiger charge is -2.25. The summed E-state index contributed by atoms with van der Waals surface area (Å²) >= 11 is 5.32. The van der Waals surface area contributed by atoms with Gasteiger partial charge in [-0.15, -0.1) is 0 Å². The molecule has 90 valence electrons. The molecular formula is C12H19BrN2S. The summed E-state index contributed by atoms with van der Waals surface area (Å²) in [5, 5.41) is 0.867. The topological polar surface area (TPSA) is 16.1 Å². The van der Waals surface area contributed by atoms with Crippen LogP contribution in [0.4, 0.5) is 5.82 Å². The molecule has 0 saturated carbocycles. The van der Waals surface area contributed by atoms with Gasteiger partial charge in [0.05, 0.1) is 0 Å². The molecule has 16 heavy (non-hydrogen) atoms. The van der Waals surface area contributed by atoms with Crippen LogP contribution in [0.3, 0.4) is 0 Å². The van der Waals surface area contributed by atoms with Gasteiger partial charge in [0.2, 0.25) is 0 Å². The van der Waals surface area contributed by atoms with E-state index >= 15 is 0 Å². The Morgan fingerprint density at radius 2 is 2.25 bits per heavy atom. The van der Waals surface area contributed by atoms with Crippen LogP contribution in [-0.2, 0) is 5.33 Å². The molecule has 0 aliphatic heterocycles. The van der Waals surface area contributed by atoms with Gasteiger partial charge in [0, 0.05) is 24.6 Å². The molecule has 1 heterocycles. The van der Waals surface area contributed by atoms with Gasteiger partial charge in [-0.25, -0.2) is 4.98 Å². The quantitative estimate of drug-likeness (QED) is 0.748. The van der Waals surface area contributed by atoms with E-state index in [0.29, 0.717) is 6.04 Å². The maximum absolute atomic E-state index is 4.47. The summed E-state index contributed by atoms with van der Waals surface area (Å²) in [4.78, 5) is 6.71. The number of nitrogens with zero attached hydrogens (tertiary/aromatic N) is 2. The third kappa shape index (κ3) is 3.98. The van der Waals surface area contributed by atoms with Gasteiger partial charge in [-0.3, -0.25) is 0 Å². The molecule has 0 aliphatic carbocycles. The summed E-state index contributed by atoms with van der Waals surface area (Å²) in [5.74, 6) is 2.25. The Morgan fingerprint density at radius 1 is 1.50 bits per heavy atom. The summed E-state index contributed by atoms with van der Waals surface area (Å²) in [6, 6.07) is 4.75. The zero-order chi connectivity index (χ0) is 12.0.